The van der Waals surface area contributed by atoms with Crippen molar-refractivity contribution in [2.75, 3.05) is 0 Å². The Labute approximate surface area is 108 Å². The number of hydrogen-bond acceptors (Lipinski definition) is 0. The molecule has 0 unspecified atom stereocenters. The summed E-state index contributed by atoms with van der Waals surface area (Å²) < 4.78 is 0. The molecule has 0 saturated heterocycles. The summed E-state index contributed by atoms with van der Waals surface area (Å²) in [4.78, 5) is 0. The summed E-state index contributed by atoms with van der Waals surface area (Å²) in [6.45, 7) is 5.89. The summed E-state index contributed by atoms with van der Waals surface area (Å²) in [7, 11) is 0. The van der Waals surface area contributed by atoms with Crippen LogP contribution in [0.3, 0.4) is 0 Å². The van der Waals surface area contributed by atoms with Gasteiger partial charge in [0.1, 0.15) is 0 Å². The molecule has 0 heterocycles. The van der Waals surface area contributed by atoms with Crippen LogP contribution in [-0.4, -0.2) is 0 Å². The van der Waals surface area contributed by atoms with Crippen LogP contribution in [0.2, 0.25) is 0 Å². The van der Waals surface area contributed by atoms with Crippen LogP contribution in [0.5, 0.6) is 0 Å². The zero-order chi connectivity index (χ0) is 12.6. The fraction of sp³-hybridized carbons (Fsp3) is 0.529. The van der Waals surface area contributed by atoms with Gasteiger partial charge in [-0.3, -0.25) is 0 Å². The maximum absolute atomic E-state index is 3.73. The minimum atomic E-state index is 1.07. The third-order valence-corrected chi connectivity index (χ3v) is 2.56. The number of hydrogen-bond donors (Lipinski definition) is 0. The molecular weight excluding hydrogens is 204 g/mol. The first-order chi connectivity index (χ1) is 8.41. The molecule has 0 aromatic rings. The molecule has 17 heavy (non-hydrogen) atoms. The fourth-order valence-corrected chi connectivity index (χ4v) is 1.55. The topological polar surface area (TPSA) is 0 Å². The lowest BCUT2D eigenvalue weighted by Crippen LogP contribution is -1.74. The van der Waals surface area contributed by atoms with Gasteiger partial charge in [-0.25, -0.2) is 0 Å². The van der Waals surface area contributed by atoms with E-state index in [9.17, 15) is 0 Å². The van der Waals surface area contributed by atoms with Crippen molar-refractivity contribution in [2.45, 2.75) is 58.3 Å². The summed E-state index contributed by atoms with van der Waals surface area (Å²) in [5.74, 6) is 0. The van der Waals surface area contributed by atoms with Gasteiger partial charge in [-0.05, 0) is 44.9 Å². The minimum absolute atomic E-state index is 1.07. The Balaban J connectivity index is 3.24. The molecule has 0 nitrogen and oxygen atoms in total. The highest BCUT2D eigenvalue weighted by atomic mass is 13.9. The van der Waals surface area contributed by atoms with E-state index in [1.165, 1.54) is 25.7 Å². The predicted octanol–water partition coefficient (Wildman–Crippen LogP) is 5.98. The van der Waals surface area contributed by atoms with E-state index in [4.69, 9.17) is 0 Å². The molecule has 0 amide bonds. The largest absolute Gasteiger partial charge is 0.103 e. The summed E-state index contributed by atoms with van der Waals surface area (Å²) in [5, 5.41) is 0. The van der Waals surface area contributed by atoms with E-state index in [0.717, 1.165) is 25.7 Å². The first kappa shape index (κ1) is 16.0. The van der Waals surface area contributed by atoms with Gasteiger partial charge in [0, 0.05) is 0 Å². The molecule has 0 spiro atoms. The molecule has 0 heteroatoms. The lowest BCUT2D eigenvalue weighted by molar-refractivity contribution is 0.696. The fourth-order valence-electron chi connectivity index (χ4n) is 1.55. The van der Waals surface area contributed by atoms with Crippen LogP contribution in [0.1, 0.15) is 58.3 Å². The molecule has 0 radical (unpaired) electrons. The Hall–Kier alpha value is -1.04. The molecule has 0 rings (SSSR count). The van der Waals surface area contributed by atoms with E-state index in [1.54, 1.807) is 0 Å². The molecular formula is C17H28. The van der Waals surface area contributed by atoms with Gasteiger partial charge in [-0.1, -0.05) is 55.9 Å². The smallest absolute Gasteiger partial charge is 0.0169 e. The minimum Gasteiger partial charge on any atom is -0.103 e. The zero-order valence-electron chi connectivity index (χ0n) is 11.4. The van der Waals surface area contributed by atoms with Gasteiger partial charge in [-0.2, -0.15) is 0 Å². The van der Waals surface area contributed by atoms with E-state index >= 15 is 0 Å². The lowest BCUT2D eigenvalue weighted by Gasteiger charge is -1.94. The van der Waals surface area contributed by atoms with Gasteiger partial charge < -0.3 is 0 Å². The Bertz CT molecular complexity index is 230. The van der Waals surface area contributed by atoms with Crippen LogP contribution < -0.4 is 0 Å². The van der Waals surface area contributed by atoms with Crippen LogP contribution in [0.4, 0.5) is 0 Å². The van der Waals surface area contributed by atoms with Crippen molar-refractivity contribution in [1.29, 1.82) is 0 Å². The van der Waals surface area contributed by atoms with E-state index in [1.807, 2.05) is 6.08 Å². The molecule has 0 aliphatic heterocycles. The standard InChI is InChI=1S/C17H28/c1-3-5-7-9-11-13-15-17-16-14-12-10-8-6-4-2/h3,6,8,12,14-15,17H,1,4-5,7,9-11,13,16H2,2H3/b8-6+,14-12+,17-15+. The maximum Gasteiger partial charge on any atom is -0.0169 e. The first-order valence-electron chi connectivity index (χ1n) is 6.97. The van der Waals surface area contributed by atoms with Crippen molar-refractivity contribution in [3.63, 3.8) is 0 Å². The SMILES string of the molecule is C=CCCCCC/C=C/C/C=C/C/C=C/CC. The Morgan fingerprint density at radius 1 is 0.706 bits per heavy atom. The second-order valence-electron chi connectivity index (χ2n) is 4.22. The molecule has 0 aromatic carbocycles. The maximum atomic E-state index is 3.73. The number of rotatable bonds is 11. The average molecular weight is 232 g/mol. The third kappa shape index (κ3) is 15.0. The Morgan fingerprint density at radius 2 is 1.29 bits per heavy atom. The second-order valence-corrected chi connectivity index (χ2v) is 4.22. The van der Waals surface area contributed by atoms with Crippen molar-refractivity contribution >= 4 is 0 Å². The van der Waals surface area contributed by atoms with Gasteiger partial charge in [-0.15, -0.1) is 6.58 Å². The Morgan fingerprint density at radius 3 is 1.94 bits per heavy atom. The average Bonchev–Trinajstić information content (AvgIpc) is 2.35. The van der Waals surface area contributed by atoms with Crippen molar-refractivity contribution in [1.82, 2.24) is 0 Å². The van der Waals surface area contributed by atoms with Crippen molar-refractivity contribution in [2.24, 2.45) is 0 Å². The number of unbranched alkanes of at least 4 members (excludes halogenated alkanes) is 4. The zero-order valence-corrected chi connectivity index (χ0v) is 11.4. The molecule has 0 aliphatic carbocycles. The van der Waals surface area contributed by atoms with Crippen LogP contribution in [0.25, 0.3) is 0 Å². The predicted molar refractivity (Wildman–Crippen MR) is 80.2 cm³/mol. The molecule has 0 atom stereocenters. The van der Waals surface area contributed by atoms with Gasteiger partial charge in [0.05, 0.1) is 0 Å². The normalized spacial score (nSPS) is 12.1. The van der Waals surface area contributed by atoms with Crippen LogP contribution in [0, 0.1) is 0 Å². The van der Waals surface area contributed by atoms with E-state index in [0.29, 0.717) is 0 Å². The molecule has 0 saturated carbocycles. The monoisotopic (exact) mass is 232 g/mol. The molecule has 0 fully saturated rings. The van der Waals surface area contributed by atoms with Crippen LogP contribution >= 0.6 is 0 Å². The molecule has 96 valence electrons. The van der Waals surface area contributed by atoms with Gasteiger partial charge in [0.25, 0.3) is 0 Å². The first-order valence-corrected chi connectivity index (χ1v) is 6.97. The van der Waals surface area contributed by atoms with Crippen LogP contribution in [0.15, 0.2) is 49.1 Å². The van der Waals surface area contributed by atoms with Crippen LogP contribution in [-0.2, 0) is 0 Å². The lowest BCUT2D eigenvalue weighted by atomic mass is 10.1. The third-order valence-electron chi connectivity index (χ3n) is 2.56. The van der Waals surface area contributed by atoms with E-state index in [2.05, 4.69) is 50.0 Å². The molecule has 0 aromatic heterocycles. The number of allylic oxidation sites excluding steroid dienone is 7. The van der Waals surface area contributed by atoms with Crippen molar-refractivity contribution in [3.05, 3.63) is 49.1 Å². The van der Waals surface area contributed by atoms with Gasteiger partial charge >= 0.3 is 0 Å². The quantitative estimate of drug-likeness (QED) is 0.303. The summed E-state index contributed by atoms with van der Waals surface area (Å²) in [6, 6.07) is 0. The second kappa shape index (κ2) is 15.0. The Kier molecular flexibility index (Phi) is 14.0. The van der Waals surface area contributed by atoms with Crippen molar-refractivity contribution < 1.29 is 0 Å². The molecule has 0 aliphatic rings. The molecule has 0 N–H and O–H groups in total. The highest BCUT2D eigenvalue weighted by Gasteiger charge is 1.84. The van der Waals surface area contributed by atoms with Gasteiger partial charge in [0.2, 0.25) is 0 Å². The van der Waals surface area contributed by atoms with E-state index in [-0.39, 0.29) is 0 Å². The molecule has 0 bridgehead atoms. The van der Waals surface area contributed by atoms with Crippen molar-refractivity contribution in [3.8, 4) is 0 Å². The highest BCUT2D eigenvalue weighted by molar-refractivity contribution is 4.96. The highest BCUT2D eigenvalue weighted by Crippen LogP contribution is 2.04. The summed E-state index contributed by atoms with van der Waals surface area (Å²) >= 11 is 0. The summed E-state index contributed by atoms with van der Waals surface area (Å²) in [6.07, 6.45) is 25.1. The van der Waals surface area contributed by atoms with E-state index < -0.39 is 0 Å². The van der Waals surface area contributed by atoms with Gasteiger partial charge in [0.15, 0.2) is 0 Å². The summed E-state index contributed by atoms with van der Waals surface area (Å²) in [5.41, 5.74) is 0.